The average Bonchev–Trinajstić information content (AvgIpc) is 2.86. The maximum Gasteiger partial charge on any atom is 0.326 e. The molecule has 0 saturated carbocycles. The first kappa shape index (κ1) is 21.3. The molecule has 2 heterocycles. The molecule has 2 aliphatic heterocycles. The van der Waals surface area contributed by atoms with Crippen LogP contribution in [0.3, 0.4) is 0 Å². The lowest BCUT2D eigenvalue weighted by Gasteiger charge is -2.35. The Morgan fingerprint density at radius 1 is 1.24 bits per heavy atom. The Balaban J connectivity index is 1.66. The number of aromatic hydroxyl groups is 1. The molecule has 0 unspecified atom stereocenters. The highest BCUT2D eigenvalue weighted by molar-refractivity contribution is 7.92. The van der Waals surface area contributed by atoms with Gasteiger partial charge in [-0.2, -0.15) is 8.42 Å². The van der Waals surface area contributed by atoms with Crippen LogP contribution in [0.25, 0.3) is 0 Å². The van der Waals surface area contributed by atoms with Gasteiger partial charge in [0.05, 0.1) is 0 Å². The fourth-order valence-electron chi connectivity index (χ4n) is 3.52. The van der Waals surface area contributed by atoms with Crippen LogP contribution in [-0.2, 0) is 26.3 Å². The first-order valence-electron chi connectivity index (χ1n) is 9.41. The van der Waals surface area contributed by atoms with E-state index in [0.29, 0.717) is 54.9 Å². The number of hydrogen-bond acceptors (Lipinski definition) is 6. The van der Waals surface area contributed by atoms with Crippen LogP contribution in [0.4, 0.5) is 10.1 Å². The van der Waals surface area contributed by atoms with Crippen LogP contribution in [0.15, 0.2) is 12.1 Å². The maximum atomic E-state index is 14.6. The lowest BCUT2D eigenvalue weighted by Crippen LogP contribution is -2.48. The number of piperazine rings is 1. The van der Waals surface area contributed by atoms with Gasteiger partial charge in [0.1, 0.15) is 18.0 Å². The summed E-state index contributed by atoms with van der Waals surface area (Å²) in [6.07, 6.45) is 0.511. The number of rotatable bonds is 5. The van der Waals surface area contributed by atoms with Gasteiger partial charge in [0.25, 0.3) is 5.91 Å². The van der Waals surface area contributed by atoms with Gasteiger partial charge >= 0.3 is 10.2 Å². The third-order valence-corrected chi connectivity index (χ3v) is 6.26. The second-order valence-corrected chi connectivity index (χ2v) is 9.33. The van der Waals surface area contributed by atoms with Crippen LogP contribution in [0.1, 0.15) is 25.8 Å². The number of phenolic OH excluding ortho intramolecular Hbond substituents is 1. The molecule has 2 fully saturated rings. The predicted molar refractivity (Wildman–Crippen MR) is 104 cm³/mol. The molecule has 9 nitrogen and oxygen atoms in total. The molecular formula is C18H25FN4O5S. The maximum absolute atomic E-state index is 14.6. The summed E-state index contributed by atoms with van der Waals surface area (Å²) in [4.78, 5) is 27.4. The number of carbonyl (C=O) groups is 2. The molecule has 2 saturated heterocycles. The molecule has 0 bridgehead atoms. The van der Waals surface area contributed by atoms with Gasteiger partial charge in [-0.05, 0) is 23.6 Å². The molecule has 2 aliphatic rings. The van der Waals surface area contributed by atoms with Gasteiger partial charge in [-0.3, -0.25) is 14.5 Å². The molecule has 2 amide bonds. The van der Waals surface area contributed by atoms with Gasteiger partial charge in [0.15, 0.2) is 5.82 Å². The lowest BCUT2D eigenvalue weighted by atomic mass is 10.1. The van der Waals surface area contributed by atoms with E-state index in [9.17, 15) is 27.5 Å². The Morgan fingerprint density at radius 2 is 1.90 bits per heavy atom. The van der Waals surface area contributed by atoms with E-state index in [-0.39, 0.29) is 5.91 Å². The van der Waals surface area contributed by atoms with E-state index in [1.165, 1.54) is 6.07 Å². The number of hydrogen-bond donors (Lipinski definition) is 2. The van der Waals surface area contributed by atoms with Crippen molar-refractivity contribution in [2.24, 2.45) is 5.92 Å². The third-order valence-electron chi connectivity index (χ3n) is 4.89. The Kier molecular flexibility index (Phi) is 5.99. The zero-order valence-corrected chi connectivity index (χ0v) is 17.2. The van der Waals surface area contributed by atoms with E-state index >= 15 is 0 Å². The molecular weight excluding hydrogens is 403 g/mol. The molecule has 0 atom stereocenters. The first-order valence-corrected chi connectivity index (χ1v) is 10.9. The highest BCUT2D eigenvalue weighted by Crippen LogP contribution is 2.34. The number of amides is 2. The van der Waals surface area contributed by atoms with Gasteiger partial charge in [-0.25, -0.2) is 13.4 Å². The van der Waals surface area contributed by atoms with Crippen molar-refractivity contribution in [3.05, 3.63) is 23.5 Å². The molecule has 29 heavy (non-hydrogen) atoms. The zero-order chi connectivity index (χ0) is 21.3. The fraction of sp³-hybridized carbons (Fsp3) is 0.556. The number of halogens is 1. The number of nitrogens with zero attached hydrogens (tertiary/aromatic N) is 3. The molecule has 0 aliphatic carbocycles. The van der Waals surface area contributed by atoms with Crippen LogP contribution in [0, 0.1) is 11.7 Å². The van der Waals surface area contributed by atoms with Gasteiger partial charge in [-0.1, -0.05) is 13.8 Å². The molecule has 160 valence electrons. The summed E-state index contributed by atoms with van der Waals surface area (Å²) < 4.78 is 40.7. The average molecular weight is 428 g/mol. The smallest absolute Gasteiger partial charge is 0.326 e. The van der Waals surface area contributed by atoms with E-state index in [0.717, 1.165) is 6.07 Å². The van der Waals surface area contributed by atoms with E-state index in [1.54, 1.807) is 4.72 Å². The second-order valence-electron chi connectivity index (χ2n) is 7.74. The Bertz CT molecular complexity index is 890. The SMILES string of the molecule is CC(C)CC(=O)N1CCN(Cc2cc(O)c(N3CC(=O)NS3(=O)=O)c(F)c2)CC1. The summed E-state index contributed by atoms with van der Waals surface area (Å²) in [5, 5.41) is 10.2. The predicted octanol–water partition coefficient (Wildman–Crippen LogP) is 0.403. The minimum absolute atomic E-state index is 0.127. The molecule has 11 heteroatoms. The normalized spacial score (nSPS) is 19.7. The molecule has 0 aromatic heterocycles. The highest BCUT2D eigenvalue weighted by atomic mass is 32.2. The van der Waals surface area contributed by atoms with Crippen molar-refractivity contribution in [1.82, 2.24) is 14.5 Å². The third kappa shape index (κ3) is 4.78. The summed E-state index contributed by atoms with van der Waals surface area (Å²) in [5.74, 6) is -1.84. The monoisotopic (exact) mass is 428 g/mol. The van der Waals surface area contributed by atoms with Crippen molar-refractivity contribution in [3.8, 4) is 5.75 Å². The summed E-state index contributed by atoms with van der Waals surface area (Å²) >= 11 is 0. The Hall–Kier alpha value is -2.40. The van der Waals surface area contributed by atoms with Gasteiger partial charge in [-0.15, -0.1) is 0 Å². The minimum atomic E-state index is -4.21. The zero-order valence-electron chi connectivity index (χ0n) is 16.4. The minimum Gasteiger partial charge on any atom is -0.506 e. The largest absolute Gasteiger partial charge is 0.506 e. The molecule has 0 spiro atoms. The number of nitrogens with one attached hydrogen (secondary N) is 1. The van der Waals surface area contributed by atoms with E-state index in [2.05, 4.69) is 0 Å². The number of carbonyl (C=O) groups excluding carboxylic acids is 2. The van der Waals surface area contributed by atoms with Crippen molar-refractivity contribution < 1.29 is 27.5 Å². The van der Waals surface area contributed by atoms with Crippen molar-refractivity contribution in [1.29, 1.82) is 0 Å². The van der Waals surface area contributed by atoms with Gasteiger partial charge in [0.2, 0.25) is 5.91 Å². The Labute approximate surface area is 169 Å². The quantitative estimate of drug-likeness (QED) is 0.703. The van der Waals surface area contributed by atoms with Crippen LogP contribution in [-0.4, -0.2) is 67.9 Å². The van der Waals surface area contributed by atoms with E-state index in [1.807, 2.05) is 23.6 Å². The van der Waals surface area contributed by atoms with Gasteiger partial charge < -0.3 is 10.0 Å². The van der Waals surface area contributed by atoms with Crippen molar-refractivity contribution in [3.63, 3.8) is 0 Å². The van der Waals surface area contributed by atoms with E-state index < -0.39 is 39.9 Å². The van der Waals surface area contributed by atoms with Gasteiger partial charge in [0, 0.05) is 39.1 Å². The summed E-state index contributed by atoms with van der Waals surface area (Å²) in [6.45, 7) is 6.16. The molecule has 1 aromatic rings. The lowest BCUT2D eigenvalue weighted by molar-refractivity contribution is -0.133. The standard InChI is InChI=1S/C18H25FN4O5S/c1-12(2)7-17(26)22-5-3-21(4-6-22)10-13-8-14(19)18(15(24)9-13)23-11-16(25)20-29(23,27)28/h8-9,12,24H,3-7,10-11H2,1-2H3,(H,20,25). The van der Waals surface area contributed by atoms with Crippen LogP contribution < -0.4 is 9.03 Å². The van der Waals surface area contributed by atoms with Crippen molar-refractivity contribution in [2.75, 3.05) is 37.0 Å². The summed E-state index contributed by atoms with van der Waals surface area (Å²) in [6, 6.07) is 2.46. The topological polar surface area (TPSA) is 110 Å². The summed E-state index contributed by atoms with van der Waals surface area (Å²) in [7, 11) is -4.21. The van der Waals surface area contributed by atoms with Crippen molar-refractivity contribution >= 4 is 27.7 Å². The molecule has 1 aromatic carbocycles. The number of benzene rings is 1. The molecule has 2 N–H and O–H groups in total. The summed E-state index contributed by atoms with van der Waals surface area (Å²) in [5.41, 5.74) is -0.0715. The van der Waals surface area contributed by atoms with Crippen LogP contribution in [0.2, 0.25) is 0 Å². The van der Waals surface area contributed by atoms with E-state index in [4.69, 9.17) is 0 Å². The number of phenols is 1. The molecule has 0 radical (unpaired) electrons. The van der Waals surface area contributed by atoms with Crippen LogP contribution in [0.5, 0.6) is 5.75 Å². The number of anilines is 1. The van der Waals surface area contributed by atoms with Crippen molar-refractivity contribution in [2.45, 2.75) is 26.8 Å². The highest BCUT2D eigenvalue weighted by Gasteiger charge is 2.37. The Morgan fingerprint density at radius 3 is 2.41 bits per heavy atom. The fourth-order valence-corrected chi connectivity index (χ4v) is 4.69. The first-order chi connectivity index (χ1) is 13.6. The molecule has 3 rings (SSSR count). The van der Waals surface area contributed by atoms with Crippen LogP contribution >= 0.6 is 0 Å². The second kappa shape index (κ2) is 8.15.